The Balaban J connectivity index is 2.22. The fourth-order valence-corrected chi connectivity index (χ4v) is 1.90. The summed E-state index contributed by atoms with van der Waals surface area (Å²) < 4.78 is 0. The van der Waals surface area contributed by atoms with Gasteiger partial charge in [-0.3, -0.25) is 0 Å². The molecule has 0 heterocycles. The lowest BCUT2D eigenvalue weighted by Crippen LogP contribution is -1.97. The molecule has 0 amide bonds. The largest absolute Gasteiger partial charge is 0.150 e. The summed E-state index contributed by atoms with van der Waals surface area (Å²) in [6.45, 7) is 0. The van der Waals surface area contributed by atoms with Crippen LogP contribution in [-0.2, 0) is 0 Å². The summed E-state index contributed by atoms with van der Waals surface area (Å²) in [5.74, 6) is 0. The molecular formula is C12H13NO. The molecule has 0 radical (unpaired) electrons. The minimum absolute atomic E-state index is 0.0739. The molecule has 1 fully saturated rings. The second-order valence-electron chi connectivity index (χ2n) is 3.64. The van der Waals surface area contributed by atoms with Crippen molar-refractivity contribution in [3.63, 3.8) is 0 Å². The second kappa shape index (κ2) is 4.18. The summed E-state index contributed by atoms with van der Waals surface area (Å²) in [6, 6.07) is 10.0. The predicted octanol–water partition coefficient (Wildman–Crippen LogP) is 3.39. The van der Waals surface area contributed by atoms with Crippen molar-refractivity contribution in [1.29, 1.82) is 0 Å². The lowest BCUT2D eigenvalue weighted by Gasteiger charge is -2.01. The summed E-state index contributed by atoms with van der Waals surface area (Å²) >= 11 is 0. The SMILES string of the molecule is O=NC1CCCC1=Cc1ccccc1. The number of hydrogen-bond acceptors (Lipinski definition) is 2. The molecule has 0 bridgehead atoms. The smallest absolute Gasteiger partial charge is 0.113 e. The van der Waals surface area contributed by atoms with E-state index in [4.69, 9.17) is 0 Å². The standard InChI is InChI=1S/C12H13NO/c14-13-12-8-4-7-11(12)9-10-5-2-1-3-6-10/h1-3,5-6,9,12H,4,7-8H2. The lowest BCUT2D eigenvalue weighted by molar-refractivity contribution is 0.771. The third-order valence-corrected chi connectivity index (χ3v) is 2.65. The van der Waals surface area contributed by atoms with E-state index in [9.17, 15) is 4.91 Å². The molecule has 14 heavy (non-hydrogen) atoms. The van der Waals surface area contributed by atoms with Crippen molar-refractivity contribution in [3.8, 4) is 0 Å². The molecule has 1 aromatic rings. The van der Waals surface area contributed by atoms with Crippen molar-refractivity contribution >= 4 is 6.08 Å². The molecule has 0 aromatic heterocycles. The molecule has 0 spiro atoms. The van der Waals surface area contributed by atoms with E-state index in [0.29, 0.717) is 0 Å². The molecule has 0 saturated heterocycles. The molecule has 2 nitrogen and oxygen atoms in total. The second-order valence-corrected chi connectivity index (χ2v) is 3.64. The van der Waals surface area contributed by atoms with E-state index < -0.39 is 0 Å². The predicted molar refractivity (Wildman–Crippen MR) is 57.9 cm³/mol. The molecular weight excluding hydrogens is 174 g/mol. The van der Waals surface area contributed by atoms with E-state index >= 15 is 0 Å². The Morgan fingerprint density at radius 3 is 2.79 bits per heavy atom. The Labute approximate surface area is 83.6 Å². The fraction of sp³-hybridized carbons (Fsp3) is 0.333. The quantitative estimate of drug-likeness (QED) is 0.652. The molecule has 2 rings (SSSR count). The molecule has 1 aromatic carbocycles. The average molecular weight is 187 g/mol. The highest BCUT2D eigenvalue weighted by Gasteiger charge is 2.20. The highest BCUT2D eigenvalue weighted by molar-refractivity contribution is 5.54. The Hall–Kier alpha value is -1.44. The summed E-state index contributed by atoms with van der Waals surface area (Å²) in [5, 5.41) is 3.15. The van der Waals surface area contributed by atoms with Gasteiger partial charge >= 0.3 is 0 Å². The van der Waals surface area contributed by atoms with Crippen LogP contribution in [0.15, 0.2) is 41.1 Å². The highest BCUT2D eigenvalue weighted by atomic mass is 16.3. The number of rotatable bonds is 2. The maximum atomic E-state index is 10.5. The van der Waals surface area contributed by atoms with E-state index in [1.807, 2.05) is 30.3 Å². The molecule has 1 unspecified atom stereocenters. The van der Waals surface area contributed by atoms with E-state index in [-0.39, 0.29) is 6.04 Å². The van der Waals surface area contributed by atoms with Crippen LogP contribution >= 0.6 is 0 Å². The van der Waals surface area contributed by atoms with E-state index in [1.165, 1.54) is 5.57 Å². The van der Waals surface area contributed by atoms with Crippen LogP contribution in [0.2, 0.25) is 0 Å². The molecule has 0 aliphatic heterocycles. The average Bonchev–Trinajstić information content (AvgIpc) is 2.67. The number of hydrogen-bond donors (Lipinski definition) is 0. The first-order chi connectivity index (χ1) is 6.90. The fourth-order valence-electron chi connectivity index (χ4n) is 1.90. The molecule has 1 aliphatic carbocycles. The van der Waals surface area contributed by atoms with Gasteiger partial charge in [-0.2, -0.15) is 4.91 Å². The van der Waals surface area contributed by atoms with Gasteiger partial charge in [0.2, 0.25) is 0 Å². The van der Waals surface area contributed by atoms with Gasteiger partial charge in [0, 0.05) is 0 Å². The van der Waals surface area contributed by atoms with Crippen LogP contribution in [0.1, 0.15) is 24.8 Å². The van der Waals surface area contributed by atoms with Crippen molar-refractivity contribution < 1.29 is 0 Å². The maximum Gasteiger partial charge on any atom is 0.113 e. The number of nitroso groups, excluding NO2 is 1. The Bertz CT molecular complexity index is 343. The van der Waals surface area contributed by atoms with Gasteiger partial charge < -0.3 is 0 Å². The monoisotopic (exact) mass is 187 g/mol. The zero-order chi connectivity index (χ0) is 9.80. The summed E-state index contributed by atoms with van der Waals surface area (Å²) in [7, 11) is 0. The van der Waals surface area contributed by atoms with Crippen LogP contribution in [-0.4, -0.2) is 6.04 Å². The van der Waals surface area contributed by atoms with Crippen LogP contribution in [0.5, 0.6) is 0 Å². The van der Waals surface area contributed by atoms with E-state index in [0.717, 1.165) is 24.8 Å². The summed E-state index contributed by atoms with van der Waals surface area (Å²) in [6.07, 6.45) is 5.13. The first-order valence-electron chi connectivity index (χ1n) is 4.98. The topological polar surface area (TPSA) is 29.4 Å². The zero-order valence-electron chi connectivity index (χ0n) is 8.02. The van der Waals surface area contributed by atoms with E-state index in [1.54, 1.807) is 0 Å². The van der Waals surface area contributed by atoms with Gasteiger partial charge in [-0.15, -0.1) is 0 Å². The van der Waals surface area contributed by atoms with Crippen LogP contribution in [0.4, 0.5) is 0 Å². The number of benzene rings is 1. The van der Waals surface area contributed by atoms with Gasteiger partial charge in [0.25, 0.3) is 0 Å². The van der Waals surface area contributed by atoms with E-state index in [2.05, 4.69) is 11.3 Å². The van der Waals surface area contributed by atoms with Crippen LogP contribution in [0.25, 0.3) is 6.08 Å². The lowest BCUT2D eigenvalue weighted by atomic mass is 10.1. The molecule has 72 valence electrons. The maximum absolute atomic E-state index is 10.5. The van der Waals surface area contributed by atoms with Crippen LogP contribution in [0, 0.1) is 4.91 Å². The first-order valence-corrected chi connectivity index (χ1v) is 4.98. The van der Waals surface area contributed by atoms with Crippen molar-refractivity contribution in [2.75, 3.05) is 0 Å². The van der Waals surface area contributed by atoms with Crippen LogP contribution in [0.3, 0.4) is 0 Å². The third-order valence-electron chi connectivity index (χ3n) is 2.65. The third kappa shape index (κ3) is 1.90. The molecule has 1 aliphatic rings. The van der Waals surface area contributed by atoms with Gasteiger partial charge in [-0.25, -0.2) is 0 Å². The number of nitrogens with zero attached hydrogens (tertiary/aromatic N) is 1. The zero-order valence-corrected chi connectivity index (χ0v) is 8.02. The highest BCUT2D eigenvalue weighted by Crippen LogP contribution is 2.29. The molecule has 0 N–H and O–H groups in total. The van der Waals surface area contributed by atoms with Gasteiger partial charge in [-0.1, -0.05) is 41.6 Å². The normalized spacial score (nSPS) is 24.0. The minimum Gasteiger partial charge on any atom is -0.150 e. The summed E-state index contributed by atoms with van der Waals surface area (Å²) in [4.78, 5) is 10.5. The van der Waals surface area contributed by atoms with Gasteiger partial charge in [-0.05, 0) is 30.4 Å². The Kier molecular flexibility index (Phi) is 2.73. The van der Waals surface area contributed by atoms with Gasteiger partial charge in [0.15, 0.2) is 0 Å². The van der Waals surface area contributed by atoms with Gasteiger partial charge in [0.1, 0.15) is 6.04 Å². The van der Waals surface area contributed by atoms with Gasteiger partial charge in [0.05, 0.1) is 0 Å². The minimum atomic E-state index is -0.0739. The Morgan fingerprint density at radius 1 is 1.29 bits per heavy atom. The van der Waals surface area contributed by atoms with Crippen LogP contribution < -0.4 is 0 Å². The summed E-state index contributed by atoms with van der Waals surface area (Å²) in [5.41, 5.74) is 2.35. The Morgan fingerprint density at radius 2 is 2.07 bits per heavy atom. The van der Waals surface area contributed by atoms with Crippen molar-refractivity contribution in [2.24, 2.45) is 5.18 Å². The van der Waals surface area contributed by atoms with Crippen molar-refractivity contribution in [3.05, 3.63) is 46.4 Å². The molecule has 2 heteroatoms. The van der Waals surface area contributed by atoms with Crippen molar-refractivity contribution in [2.45, 2.75) is 25.3 Å². The molecule has 1 saturated carbocycles. The molecule has 1 atom stereocenters. The van der Waals surface area contributed by atoms with Crippen molar-refractivity contribution in [1.82, 2.24) is 0 Å². The first kappa shape index (κ1) is 9.13.